The third-order valence-electron chi connectivity index (χ3n) is 8.27. The summed E-state index contributed by atoms with van der Waals surface area (Å²) in [5.41, 5.74) is 5.35. The Hall–Kier alpha value is -2.01. The van der Waals surface area contributed by atoms with Gasteiger partial charge in [-0.1, -0.05) is 20.3 Å². The van der Waals surface area contributed by atoms with E-state index in [1.807, 2.05) is 13.8 Å². The van der Waals surface area contributed by atoms with Crippen LogP contribution in [0.1, 0.15) is 76.5 Å². The third-order valence-corrected chi connectivity index (χ3v) is 8.27. The smallest absolute Gasteiger partial charge is 0.163 e. The van der Waals surface area contributed by atoms with Crippen molar-refractivity contribution in [2.45, 2.75) is 78.1 Å². The number of methoxy groups -OCH3 is 1. The van der Waals surface area contributed by atoms with Gasteiger partial charge in [0, 0.05) is 41.3 Å². The normalized spacial score (nSPS) is 20.9. The summed E-state index contributed by atoms with van der Waals surface area (Å²) in [4.78, 5) is 7.71. The number of ether oxygens (including phenoxy) is 2. The molecule has 1 saturated heterocycles. The molecule has 0 radical (unpaired) electrons. The number of benzene rings is 1. The molecule has 2 aromatic rings. The van der Waals surface area contributed by atoms with Gasteiger partial charge < -0.3 is 19.7 Å². The number of nitrogens with zero attached hydrogens (tertiary/aromatic N) is 2. The van der Waals surface area contributed by atoms with Gasteiger partial charge in [0.2, 0.25) is 0 Å². The molecule has 6 rings (SSSR count). The molecule has 0 amide bonds. The molecular formula is C29H43N3O2. The fourth-order valence-electron chi connectivity index (χ4n) is 5.98. The molecule has 2 saturated carbocycles. The lowest BCUT2D eigenvalue weighted by Gasteiger charge is -2.44. The number of aryl methyl sites for hydroxylation is 1. The molecule has 0 bridgehead atoms. The Bertz CT molecular complexity index is 991. The summed E-state index contributed by atoms with van der Waals surface area (Å²) >= 11 is 0. The van der Waals surface area contributed by atoms with Crippen molar-refractivity contribution in [2.75, 3.05) is 45.2 Å². The maximum absolute atomic E-state index is 6.51. The molecule has 3 fully saturated rings. The Morgan fingerprint density at radius 2 is 1.82 bits per heavy atom. The van der Waals surface area contributed by atoms with Crippen LogP contribution in [0.2, 0.25) is 0 Å². The Morgan fingerprint density at radius 1 is 1.03 bits per heavy atom. The number of anilines is 1. The maximum Gasteiger partial charge on any atom is 0.163 e. The van der Waals surface area contributed by atoms with E-state index in [1.165, 1.54) is 93.3 Å². The number of aromatic nitrogens is 1. The van der Waals surface area contributed by atoms with E-state index in [0.29, 0.717) is 5.41 Å². The molecule has 186 valence electrons. The highest BCUT2D eigenvalue weighted by Gasteiger charge is 2.40. The summed E-state index contributed by atoms with van der Waals surface area (Å²) in [6.45, 7) is 9.55. The largest absolute Gasteiger partial charge is 0.493 e. The number of nitrogens with one attached hydrogen (secondary N) is 1. The fraction of sp³-hybridized carbons (Fsp3) is 0.690. The average molecular weight is 466 g/mol. The van der Waals surface area contributed by atoms with Crippen LogP contribution in [0.25, 0.3) is 10.9 Å². The number of rotatable bonds is 9. The van der Waals surface area contributed by atoms with Crippen LogP contribution >= 0.6 is 0 Å². The first-order valence-electron chi connectivity index (χ1n) is 13.9. The third kappa shape index (κ3) is 4.86. The predicted molar refractivity (Wildman–Crippen MR) is 140 cm³/mol. The lowest BCUT2D eigenvalue weighted by molar-refractivity contribution is 0.0236. The van der Waals surface area contributed by atoms with Gasteiger partial charge in [0.05, 0.1) is 19.2 Å². The highest BCUT2D eigenvalue weighted by atomic mass is 16.5. The van der Waals surface area contributed by atoms with Crippen molar-refractivity contribution in [3.8, 4) is 11.5 Å². The lowest BCUT2D eigenvalue weighted by atomic mass is 9.69. The Morgan fingerprint density at radius 3 is 2.50 bits per heavy atom. The second-order valence-electron chi connectivity index (χ2n) is 10.7. The molecule has 1 aromatic heterocycles. The molecule has 4 aliphatic rings. The van der Waals surface area contributed by atoms with Crippen LogP contribution in [-0.4, -0.2) is 49.8 Å². The zero-order chi connectivity index (χ0) is 23.5. The van der Waals surface area contributed by atoms with E-state index in [9.17, 15) is 0 Å². The van der Waals surface area contributed by atoms with E-state index in [4.69, 9.17) is 14.5 Å². The molecule has 34 heavy (non-hydrogen) atoms. The molecule has 1 aromatic carbocycles. The van der Waals surface area contributed by atoms with Crippen LogP contribution in [0.4, 0.5) is 5.69 Å². The van der Waals surface area contributed by atoms with Crippen molar-refractivity contribution >= 4 is 16.6 Å². The number of fused-ring (bicyclic) bond motifs is 2. The molecule has 3 aliphatic carbocycles. The number of hydrogen-bond acceptors (Lipinski definition) is 5. The minimum Gasteiger partial charge on any atom is -0.493 e. The summed E-state index contributed by atoms with van der Waals surface area (Å²) in [6.07, 6.45) is 12.7. The maximum atomic E-state index is 6.51. The number of pyridine rings is 1. The highest BCUT2D eigenvalue weighted by molar-refractivity contribution is 5.96. The first-order valence-corrected chi connectivity index (χ1v) is 13.9. The summed E-state index contributed by atoms with van der Waals surface area (Å²) in [5.74, 6) is 2.53. The lowest BCUT2D eigenvalue weighted by Crippen LogP contribution is -2.45. The average Bonchev–Trinajstić information content (AvgIpc) is 3.31. The van der Waals surface area contributed by atoms with Crippen molar-refractivity contribution in [1.29, 1.82) is 0 Å². The Kier molecular flexibility index (Phi) is 7.19. The van der Waals surface area contributed by atoms with Gasteiger partial charge in [-0.05, 0) is 88.4 Å². The van der Waals surface area contributed by atoms with Crippen LogP contribution in [0, 0.1) is 11.3 Å². The van der Waals surface area contributed by atoms with E-state index in [2.05, 4.69) is 22.3 Å². The molecule has 5 heteroatoms. The SMILES string of the molecule is CC.COc1cc2c(NCC3CC3)c3c(nc2cc1OCC1(CN2CCCC2)CCC1)CCC3. The first kappa shape index (κ1) is 23.7. The van der Waals surface area contributed by atoms with Gasteiger partial charge in [-0.15, -0.1) is 0 Å². The molecular weight excluding hydrogens is 422 g/mol. The van der Waals surface area contributed by atoms with Gasteiger partial charge in [-0.2, -0.15) is 0 Å². The minimum atomic E-state index is 0.312. The van der Waals surface area contributed by atoms with Crippen molar-refractivity contribution in [1.82, 2.24) is 9.88 Å². The second-order valence-corrected chi connectivity index (χ2v) is 10.7. The second kappa shape index (κ2) is 10.3. The molecule has 1 N–H and O–H groups in total. The van der Waals surface area contributed by atoms with Crippen molar-refractivity contribution in [2.24, 2.45) is 11.3 Å². The van der Waals surface area contributed by atoms with E-state index < -0.39 is 0 Å². The molecule has 0 spiro atoms. The summed E-state index contributed by atoms with van der Waals surface area (Å²) in [6, 6.07) is 4.30. The standard InChI is InChI=1S/C27H37N3O2.C2H6/c1-31-24-14-21-23(29-22-7-4-6-20(22)26(21)28-16-19-8-9-19)15-25(24)32-18-27(10-5-11-27)17-30-12-2-3-13-30;1-2/h14-15,19H,2-13,16-18H2,1H3,(H,28,29);1-2H3. The van der Waals surface area contributed by atoms with E-state index in [0.717, 1.165) is 48.9 Å². The van der Waals surface area contributed by atoms with Gasteiger partial charge in [0.15, 0.2) is 11.5 Å². The van der Waals surface area contributed by atoms with Crippen molar-refractivity contribution < 1.29 is 9.47 Å². The number of likely N-dealkylation sites (tertiary alicyclic amines) is 1. The zero-order valence-corrected chi connectivity index (χ0v) is 21.5. The van der Waals surface area contributed by atoms with E-state index >= 15 is 0 Å². The van der Waals surface area contributed by atoms with Crippen molar-refractivity contribution in [3.63, 3.8) is 0 Å². The Balaban J connectivity index is 0.00000117. The van der Waals surface area contributed by atoms with Crippen LogP contribution in [0.5, 0.6) is 11.5 Å². The topological polar surface area (TPSA) is 46.6 Å². The molecule has 5 nitrogen and oxygen atoms in total. The molecule has 1 aliphatic heterocycles. The Labute approximate surface area is 205 Å². The van der Waals surface area contributed by atoms with Crippen LogP contribution < -0.4 is 14.8 Å². The summed E-state index contributed by atoms with van der Waals surface area (Å²) in [5, 5.41) is 4.98. The zero-order valence-electron chi connectivity index (χ0n) is 21.5. The molecule has 0 atom stereocenters. The van der Waals surface area contributed by atoms with Crippen LogP contribution in [0.3, 0.4) is 0 Å². The van der Waals surface area contributed by atoms with Gasteiger partial charge in [-0.25, -0.2) is 0 Å². The van der Waals surface area contributed by atoms with Crippen LogP contribution in [-0.2, 0) is 12.8 Å². The summed E-state index contributed by atoms with van der Waals surface area (Å²) < 4.78 is 12.3. The monoisotopic (exact) mass is 465 g/mol. The van der Waals surface area contributed by atoms with Gasteiger partial charge >= 0.3 is 0 Å². The minimum absolute atomic E-state index is 0.312. The van der Waals surface area contributed by atoms with Crippen molar-refractivity contribution in [3.05, 3.63) is 23.4 Å². The number of hydrogen-bond donors (Lipinski definition) is 1. The van der Waals surface area contributed by atoms with Gasteiger partial charge in [0.1, 0.15) is 0 Å². The van der Waals surface area contributed by atoms with Gasteiger partial charge in [0.25, 0.3) is 0 Å². The fourth-order valence-corrected chi connectivity index (χ4v) is 5.98. The first-order chi connectivity index (χ1) is 16.7. The molecule has 0 unspecified atom stereocenters. The van der Waals surface area contributed by atoms with E-state index in [-0.39, 0.29) is 0 Å². The van der Waals surface area contributed by atoms with E-state index in [1.54, 1.807) is 7.11 Å². The quantitative estimate of drug-likeness (QED) is 0.476. The summed E-state index contributed by atoms with van der Waals surface area (Å²) in [7, 11) is 1.76. The van der Waals surface area contributed by atoms with Gasteiger partial charge in [-0.3, -0.25) is 4.98 Å². The van der Waals surface area contributed by atoms with Crippen LogP contribution in [0.15, 0.2) is 12.1 Å². The predicted octanol–water partition coefficient (Wildman–Crippen LogP) is 6.23. The highest BCUT2D eigenvalue weighted by Crippen LogP contribution is 2.45. The molecule has 2 heterocycles.